The van der Waals surface area contributed by atoms with Crippen molar-refractivity contribution in [2.75, 3.05) is 0 Å². The van der Waals surface area contributed by atoms with Gasteiger partial charge in [0, 0.05) is 11.1 Å². The second-order valence-corrected chi connectivity index (χ2v) is 11.2. The molecule has 0 aromatic heterocycles. The monoisotopic (exact) mass is 522 g/mol. The maximum absolute atomic E-state index is 15.0. The molecule has 1 saturated heterocycles. The molecule has 1 aliphatic heterocycles. The van der Waals surface area contributed by atoms with Gasteiger partial charge in [-0.3, -0.25) is 0 Å². The number of hydrogen-bond acceptors (Lipinski definition) is 2. The summed E-state index contributed by atoms with van der Waals surface area (Å²) in [5, 5.41) is 0. The van der Waals surface area contributed by atoms with E-state index in [-0.39, 0.29) is 30.0 Å². The minimum absolute atomic E-state index is 0.106. The summed E-state index contributed by atoms with van der Waals surface area (Å²) in [6.45, 7) is 6.60. The van der Waals surface area contributed by atoms with E-state index >= 15 is 0 Å². The second-order valence-electron chi connectivity index (χ2n) is 11.2. The van der Waals surface area contributed by atoms with Crippen LogP contribution in [-0.4, -0.2) is 12.2 Å². The molecular weight excluding hydrogens is 478 g/mol. The van der Waals surface area contributed by atoms with Gasteiger partial charge in [-0.05, 0) is 74.1 Å². The fourth-order valence-corrected chi connectivity index (χ4v) is 6.01. The Balaban J connectivity index is 1.40. The van der Waals surface area contributed by atoms with Crippen LogP contribution in [0.5, 0.6) is 0 Å². The predicted molar refractivity (Wildman–Crippen MR) is 150 cm³/mol. The van der Waals surface area contributed by atoms with E-state index in [0.717, 1.165) is 81.3 Å². The van der Waals surface area contributed by atoms with E-state index in [1.165, 1.54) is 12.8 Å². The van der Waals surface area contributed by atoms with E-state index in [1.54, 1.807) is 12.1 Å². The molecular formula is C34H44F2O2. The van der Waals surface area contributed by atoms with Crippen LogP contribution in [0.4, 0.5) is 8.78 Å². The van der Waals surface area contributed by atoms with Gasteiger partial charge in [-0.2, -0.15) is 0 Å². The molecule has 38 heavy (non-hydrogen) atoms. The third kappa shape index (κ3) is 7.25. The summed E-state index contributed by atoms with van der Waals surface area (Å²) in [5.74, 6) is 5.13. The van der Waals surface area contributed by atoms with Gasteiger partial charge in [-0.25, -0.2) is 8.78 Å². The molecule has 2 unspecified atom stereocenters. The lowest BCUT2D eigenvalue weighted by atomic mass is 9.77. The topological polar surface area (TPSA) is 18.5 Å². The van der Waals surface area contributed by atoms with Crippen LogP contribution in [0.3, 0.4) is 0 Å². The lowest BCUT2D eigenvalue weighted by molar-refractivity contribution is -0.0704. The smallest absolute Gasteiger partial charge is 0.184 e. The zero-order valence-corrected chi connectivity index (χ0v) is 23.4. The number of rotatable bonds is 10. The summed E-state index contributed by atoms with van der Waals surface area (Å²) in [6.07, 6.45) is 13.0. The lowest BCUT2D eigenvalue weighted by Crippen LogP contribution is -2.22. The van der Waals surface area contributed by atoms with Crippen molar-refractivity contribution >= 4 is 0 Å². The van der Waals surface area contributed by atoms with Crippen molar-refractivity contribution in [1.29, 1.82) is 0 Å². The molecule has 1 saturated carbocycles. The molecule has 4 rings (SSSR count). The summed E-state index contributed by atoms with van der Waals surface area (Å²) < 4.78 is 42.5. The molecule has 4 heteroatoms. The van der Waals surface area contributed by atoms with Gasteiger partial charge < -0.3 is 9.47 Å². The molecule has 2 aromatic rings. The van der Waals surface area contributed by atoms with Crippen LogP contribution in [-0.2, 0) is 9.47 Å². The molecule has 2 aliphatic rings. The molecule has 0 amide bonds. The minimum atomic E-state index is -0.828. The van der Waals surface area contributed by atoms with Crippen LogP contribution in [0.2, 0.25) is 0 Å². The van der Waals surface area contributed by atoms with Gasteiger partial charge in [0.05, 0.1) is 17.8 Å². The van der Waals surface area contributed by atoms with Crippen molar-refractivity contribution in [3.05, 3.63) is 70.3 Å². The van der Waals surface area contributed by atoms with E-state index in [2.05, 4.69) is 32.6 Å². The van der Waals surface area contributed by atoms with E-state index in [0.29, 0.717) is 5.56 Å². The fourth-order valence-electron chi connectivity index (χ4n) is 6.01. The normalized spacial score (nSPS) is 25.2. The SMILES string of the molecule is CCCCC1OC(c2ccc(C#Cc3ccc(C4CCC(CCC)CC4)c(F)c3F)cc2)OC1CCCC. The molecule has 0 bridgehead atoms. The van der Waals surface area contributed by atoms with E-state index < -0.39 is 11.6 Å². The Hall–Kier alpha value is -2.22. The van der Waals surface area contributed by atoms with Crippen LogP contribution >= 0.6 is 0 Å². The Kier molecular flexibility index (Phi) is 10.8. The zero-order chi connectivity index (χ0) is 26.9. The summed E-state index contributed by atoms with van der Waals surface area (Å²) in [7, 11) is 0. The predicted octanol–water partition coefficient (Wildman–Crippen LogP) is 9.60. The van der Waals surface area contributed by atoms with Gasteiger partial charge >= 0.3 is 0 Å². The number of benzene rings is 2. The van der Waals surface area contributed by atoms with E-state index in [1.807, 2.05) is 24.3 Å². The van der Waals surface area contributed by atoms with Crippen molar-refractivity contribution in [2.45, 2.75) is 122 Å². The van der Waals surface area contributed by atoms with Gasteiger partial charge in [-0.1, -0.05) is 89.3 Å². The summed E-state index contributed by atoms with van der Waals surface area (Å²) in [6, 6.07) is 11.1. The van der Waals surface area contributed by atoms with Gasteiger partial charge in [0.15, 0.2) is 17.9 Å². The Morgan fingerprint density at radius 1 is 0.711 bits per heavy atom. The molecule has 0 radical (unpaired) electrons. The number of halogens is 2. The first-order valence-electron chi connectivity index (χ1n) is 14.9. The Morgan fingerprint density at radius 2 is 1.34 bits per heavy atom. The van der Waals surface area contributed by atoms with Crippen molar-refractivity contribution < 1.29 is 18.3 Å². The highest BCUT2D eigenvalue weighted by Crippen LogP contribution is 2.39. The lowest BCUT2D eigenvalue weighted by Gasteiger charge is -2.29. The second kappa shape index (κ2) is 14.2. The molecule has 2 fully saturated rings. The first kappa shape index (κ1) is 28.8. The molecule has 0 spiro atoms. The van der Waals surface area contributed by atoms with Crippen LogP contribution in [0.25, 0.3) is 0 Å². The summed E-state index contributed by atoms with van der Waals surface area (Å²) >= 11 is 0. The first-order chi connectivity index (χ1) is 18.5. The van der Waals surface area contributed by atoms with Crippen LogP contribution in [0.15, 0.2) is 36.4 Å². The number of hydrogen-bond donors (Lipinski definition) is 0. The van der Waals surface area contributed by atoms with E-state index in [9.17, 15) is 8.78 Å². The van der Waals surface area contributed by atoms with E-state index in [4.69, 9.17) is 9.47 Å². The molecule has 2 nitrogen and oxygen atoms in total. The highest BCUT2D eigenvalue weighted by molar-refractivity contribution is 5.45. The van der Waals surface area contributed by atoms with Crippen molar-refractivity contribution in [1.82, 2.24) is 0 Å². The molecule has 2 aromatic carbocycles. The summed E-state index contributed by atoms with van der Waals surface area (Å²) in [4.78, 5) is 0. The quantitative estimate of drug-likeness (QED) is 0.289. The summed E-state index contributed by atoms with van der Waals surface area (Å²) in [5.41, 5.74) is 2.33. The van der Waals surface area contributed by atoms with Gasteiger partial charge in [0.2, 0.25) is 0 Å². The Morgan fingerprint density at radius 3 is 1.92 bits per heavy atom. The van der Waals surface area contributed by atoms with Gasteiger partial charge in [0.1, 0.15) is 0 Å². The fraction of sp³-hybridized carbons (Fsp3) is 0.588. The highest BCUT2D eigenvalue weighted by Gasteiger charge is 2.35. The van der Waals surface area contributed by atoms with Gasteiger partial charge in [-0.15, -0.1) is 0 Å². The standard InChI is InChI=1S/C34H44F2O2/c1-4-7-10-30-31(11-8-5-2)38-34(37-30)28-20-15-25(16-21-28)14-19-27-22-23-29(33(36)32(27)35)26-17-12-24(9-6-3)13-18-26/h15-16,20-24,26,30-31,34H,4-13,17-18H2,1-3H3. The average molecular weight is 523 g/mol. The zero-order valence-electron chi connectivity index (χ0n) is 23.4. The van der Waals surface area contributed by atoms with Crippen LogP contribution in [0, 0.1) is 29.4 Å². The third-order valence-corrected chi connectivity index (χ3v) is 8.32. The third-order valence-electron chi connectivity index (χ3n) is 8.32. The molecule has 2 atom stereocenters. The maximum atomic E-state index is 15.0. The Bertz CT molecular complexity index is 1060. The molecule has 206 valence electrons. The maximum Gasteiger partial charge on any atom is 0.184 e. The molecule has 1 aliphatic carbocycles. The number of ether oxygens (including phenoxy) is 2. The Labute approximate surface area is 228 Å². The van der Waals surface area contributed by atoms with Gasteiger partial charge in [0.25, 0.3) is 0 Å². The van der Waals surface area contributed by atoms with Crippen LogP contribution < -0.4 is 0 Å². The van der Waals surface area contributed by atoms with Crippen LogP contribution in [0.1, 0.15) is 132 Å². The minimum Gasteiger partial charge on any atom is -0.342 e. The molecule has 1 heterocycles. The van der Waals surface area contributed by atoms with Crippen molar-refractivity contribution in [2.24, 2.45) is 5.92 Å². The highest BCUT2D eigenvalue weighted by atomic mass is 19.2. The van der Waals surface area contributed by atoms with Crippen molar-refractivity contribution in [3.8, 4) is 11.8 Å². The van der Waals surface area contributed by atoms with Crippen molar-refractivity contribution in [3.63, 3.8) is 0 Å². The largest absolute Gasteiger partial charge is 0.342 e. The number of unbranched alkanes of at least 4 members (excludes halogenated alkanes) is 2. The first-order valence-corrected chi connectivity index (χ1v) is 14.9. The molecule has 0 N–H and O–H groups in total. The average Bonchev–Trinajstić information content (AvgIpc) is 3.35.